The SMILES string of the molecule is O=C(Nc1ccc(S(=O)(=O)Nc2ccc(Cl)cc2Cl)cc1)c1ccccc1NS(=O)(=O)c1ccccc1. The molecule has 0 aliphatic heterocycles. The standard InChI is InChI=1S/C25H19Cl2N3O5S2/c26-17-10-15-24(22(27)16-17)30-37(34,35)20-13-11-18(12-14-20)28-25(31)21-8-4-5-9-23(21)29-36(32,33)19-6-2-1-3-7-19/h1-16,29-30H,(H,28,31). The van der Waals surface area contributed by atoms with Crippen molar-refractivity contribution in [2.45, 2.75) is 9.79 Å². The van der Waals surface area contributed by atoms with Gasteiger partial charge in [0.15, 0.2) is 0 Å². The third-order valence-corrected chi connectivity index (χ3v) is 8.38. The molecular formula is C25H19Cl2N3O5S2. The van der Waals surface area contributed by atoms with Gasteiger partial charge in [-0.2, -0.15) is 0 Å². The summed E-state index contributed by atoms with van der Waals surface area (Å²) in [7, 11) is -7.88. The molecule has 190 valence electrons. The van der Waals surface area contributed by atoms with Crippen LogP contribution in [-0.2, 0) is 20.0 Å². The lowest BCUT2D eigenvalue weighted by Crippen LogP contribution is -2.18. The first-order valence-corrected chi connectivity index (χ1v) is 14.3. The lowest BCUT2D eigenvalue weighted by atomic mass is 10.1. The van der Waals surface area contributed by atoms with E-state index in [9.17, 15) is 21.6 Å². The van der Waals surface area contributed by atoms with Gasteiger partial charge < -0.3 is 5.32 Å². The number of benzene rings is 4. The average Bonchev–Trinajstić information content (AvgIpc) is 2.87. The fourth-order valence-electron chi connectivity index (χ4n) is 3.27. The summed E-state index contributed by atoms with van der Waals surface area (Å²) < 4.78 is 55.7. The first kappa shape index (κ1) is 26.5. The van der Waals surface area contributed by atoms with E-state index in [1.54, 1.807) is 30.3 Å². The molecule has 0 saturated carbocycles. The Morgan fingerprint density at radius 2 is 1.19 bits per heavy atom. The lowest BCUT2D eigenvalue weighted by molar-refractivity contribution is 0.102. The van der Waals surface area contributed by atoms with Crippen LogP contribution in [-0.4, -0.2) is 22.7 Å². The van der Waals surface area contributed by atoms with E-state index in [0.29, 0.717) is 10.7 Å². The molecule has 0 unspecified atom stereocenters. The molecule has 4 rings (SSSR count). The summed E-state index contributed by atoms with van der Waals surface area (Å²) in [5.41, 5.74) is 0.636. The molecule has 0 heterocycles. The Labute approximate surface area is 224 Å². The summed E-state index contributed by atoms with van der Waals surface area (Å²) in [4.78, 5) is 12.9. The van der Waals surface area contributed by atoms with Crippen LogP contribution in [0.1, 0.15) is 10.4 Å². The predicted molar refractivity (Wildman–Crippen MR) is 145 cm³/mol. The van der Waals surface area contributed by atoms with Gasteiger partial charge in [-0.05, 0) is 66.7 Å². The molecule has 0 saturated heterocycles. The van der Waals surface area contributed by atoms with Gasteiger partial charge in [-0.15, -0.1) is 0 Å². The fraction of sp³-hybridized carbons (Fsp3) is 0. The van der Waals surface area contributed by atoms with Gasteiger partial charge in [0.2, 0.25) is 0 Å². The molecule has 0 atom stereocenters. The Morgan fingerprint density at radius 1 is 0.622 bits per heavy atom. The minimum atomic E-state index is -3.97. The van der Waals surface area contributed by atoms with Crippen molar-refractivity contribution in [3.8, 4) is 0 Å². The summed E-state index contributed by atoms with van der Waals surface area (Å²) in [6.07, 6.45) is 0. The number of carbonyl (C=O) groups excluding carboxylic acids is 1. The van der Waals surface area contributed by atoms with E-state index in [-0.39, 0.29) is 31.8 Å². The van der Waals surface area contributed by atoms with Crippen molar-refractivity contribution in [3.63, 3.8) is 0 Å². The van der Waals surface area contributed by atoms with E-state index in [0.717, 1.165) is 0 Å². The summed E-state index contributed by atoms with van der Waals surface area (Å²) in [6.45, 7) is 0. The second kappa shape index (κ2) is 10.8. The van der Waals surface area contributed by atoms with Gasteiger partial charge in [-0.3, -0.25) is 14.2 Å². The fourth-order valence-corrected chi connectivity index (χ4v) is 5.96. The smallest absolute Gasteiger partial charge is 0.261 e. The van der Waals surface area contributed by atoms with Gasteiger partial charge in [0.05, 0.1) is 31.8 Å². The van der Waals surface area contributed by atoms with Crippen molar-refractivity contribution in [3.05, 3.63) is 113 Å². The normalized spacial score (nSPS) is 11.5. The van der Waals surface area contributed by atoms with Gasteiger partial charge >= 0.3 is 0 Å². The number of nitrogens with one attached hydrogen (secondary N) is 3. The van der Waals surface area contributed by atoms with Gasteiger partial charge in [-0.1, -0.05) is 53.5 Å². The monoisotopic (exact) mass is 575 g/mol. The van der Waals surface area contributed by atoms with Gasteiger partial charge in [0, 0.05) is 10.7 Å². The molecule has 4 aromatic rings. The molecule has 8 nitrogen and oxygen atoms in total. The van der Waals surface area contributed by atoms with E-state index >= 15 is 0 Å². The Morgan fingerprint density at radius 3 is 1.84 bits per heavy atom. The maximum absolute atomic E-state index is 12.9. The Bertz CT molecular complexity index is 1660. The average molecular weight is 576 g/mol. The second-order valence-electron chi connectivity index (χ2n) is 7.67. The summed E-state index contributed by atoms with van der Waals surface area (Å²) in [6, 6.07) is 23.7. The van der Waals surface area contributed by atoms with Gasteiger partial charge in [0.1, 0.15) is 0 Å². The van der Waals surface area contributed by atoms with Crippen LogP contribution in [0.4, 0.5) is 17.1 Å². The molecule has 0 spiro atoms. The van der Waals surface area contributed by atoms with Crippen LogP contribution in [0.2, 0.25) is 10.0 Å². The minimum Gasteiger partial charge on any atom is -0.322 e. The summed E-state index contributed by atoms with van der Waals surface area (Å²) in [5, 5.41) is 3.15. The molecular weight excluding hydrogens is 557 g/mol. The molecule has 3 N–H and O–H groups in total. The number of hydrogen-bond donors (Lipinski definition) is 3. The zero-order valence-corrected chi connectivity index (χ0v) is 22.0. The van der Waals surface area contributed by atoms with Crippen molar-refractivity contribution in [1.82, 2.24) is 0 Å². The van der Waals surface area contributed by atoms with Crippen LogP contribution < -0.4 is 14.8 Å². The van der Waals surface area contributed by atoms with Crippen molar-refractivity contribution in [1.29, 1.82) is 0 Å². The zero-order valence-electron chi connectivity index (χ0n) is 18.9. The Hall–Kier alpha value is -3.57. The molecule has 0 bridgehead atoms. The zero-order chi connectivity index (χ0) is 26.6. The van der Waals surface area contributed by atoms with E-state index in [1.807, 2.05) is 0 Å². The summed E-state index contributed by atoms with van der Waals surface area (Å²) >= 11 is 11.9. The first-order valence-electron chi connectivity index (χ1n) is 10.6. The predicted octanol–water partition coefficient (Wildman–Crippen LogP) is 5.85. The van der Waals surface area contributed by atoms with E-state index in [1.165, 1.54) is 66.7 Å². The van der Waals surface area contributed by atoms with Crippen molar-refractivity contribution in [2.75, 3.05) is 14.8 Å². The van der Waals surface area contributed by atoms with Crippen LogP contribution in [0, 0.1) is 0 Å². The van der Waals surface area contributed by atoms with Crippen molar-refractivity contribution >= 4 is 66.2 Å². The van der Waals surface area contributed by atoms with Crippen LogP contribution in [0.25, 0.3) is 0 Å². The highest BCUT2D eigenvalue weighted by Crippen LogP contribution is 2.28. The van der Waals surface area contributed by atoms with Crippen molar-refractivity contribution < 1.29 is 21.6 Å². The highest BCUT2D eigenvalue weighted by atomic mass is 35.5. The first-order chi connectivity index (χ1) is 17.5. The van der Waals surface area contributed by atoms with Gasteiger partial charge in [0.25, 0.3) is 26.0 Å². The van der Waals surface area contributed by atoms with E-state index in [4.69, 9.17) is 23.2 Å². The molecule has 0 radical (unpaired) electrons. The number of carbonyl (C=O) groups is 1. The highest BCUT2D eigenvalue weighted by molar-refractivity contribution is 7.93. The number of amides is 1. The molecule has 0 fully saturated rings. The number of sulfonamides is 2. The van der Waals surface area contributed by atoms with Crippen LogP contribution in [0.5, 0.6) is 0 Å². The molecule has 0 aromatic heterocycles. The summed E-state index contributed by atoms with van der Waals surface area (Å²) in [5.74, 6) is -0.590. The number of rotatable bonds is 8. The minimum absolute atomic E-state index is 0.0514. The van der Waals surface area contributed by atoms with Crippen LogP contribution >= 0.6 is 23.2 Å². The maximum atomic E-state index is 12.9. The number of halogens is 2. The third kappa shape index (κ3) is 6.41. The van der Waals surface area contributed by atoms with E-state index < -0.39 is 26.0 Å². The number of para-hydroxylation sites is 1. The molecule has 0 aliphatic rings. The highest BCUT2D eigenvalue weighted by Gasteiger charge is 2.19. The topological polar surface area (TPSA) is 121 Å². The maximum Gasteiger partial charge on any atom is 0.261 e. The molecule has 1 amide bonds. The van der Waals surface area contributed by atoms with Crippen LogP contribution in [0.15, 0.2) is 107 Å². The Balaban J connectivity index is 1.50. The second-order valence-corrected chi connectivity index (χ2v) is 11.9. The molecule has 4 aromatic carbocycles. The van der Waals surface area contributed by atoms with E-state index in [2.05, 4.69) is 14.8 Å². The molecule has 12 heteroatoms. The molecule has 0 aliphatic carbocycles. The lowest BCUT2D eigenvalue weighted by Gasteiger charge is -2.13. The molecule has 37 heavy (non-hydrogen) atoms. The largest absolute Gasteiger partial charge is 0.322 e. The van der Waals surface area contributed by atoms with Crippen molar-refractivity contribution in [2.24, 2.45) is 0 Å². The Kier molecular flexibility index (Phi) is 7.74. The third-order valence-electron chi connectivity index (χ3n) is 5.07. The quantitative estimate of drug-likeness (QED) is 0.243. The number of hydrogen-bond acceptors (Lipinski definition) is 5. The number of anilines is 3. The van der Waals surface area contributed by atoms with Gasteiger partial charge in [-0.25, -0.2) is 16.8 Å². The van der Waals surface area contributed by atoms with Crippen LogP contribution in [0.3, 0.4) is 0 Å².